The number of guanidine groups is 1. The number of hydrogen-bond acceptors (Lipinski definition) is 4. The number of piperidine rings is 1. The Morgan fingerprint density at radius 2 is 1.90 bits per heavy atom. The minimum atomic E-state index is -4.10. The van der Waals surface area contributed by atoms with Gasteiger partial charge in [0.25, 0.3) is 0 Å². The van der Waals surface area contributed by atoms with Crippen molar-refractivity contribution in [1.82, 2.24) is 20.5 Å². The van der Waals surface area contributed by atoms with Crippen LogP contribution in [-0.2, 0) is 12.0 Å². The molecule has 10 heteroatoms. The maximum atomic E-state index is 12.5. The Bertz CT molecular complexity index is 650. The van der Waals surface area contributed by atoms with E-state index in [0.717, 1.165) is 49.0 Å². The van der Waals surface area contributed by atoms with Crippen LogP contribution in [0.25, 0.3) is 0 Å². The molecule has 2 N–H and O–H groups in total. The number of rotatable bonds is 7. The number of nitrogens with zero attached hydrogens (tertiary/aromatic N) is 3. The van der Waals surface area contributed by atoms with Crippen LogP contribution in [0.5, 0.6) is 0 Å². The molecule has 1 saturated heterocycles. The van der Waals surface area contributed by atoms with Gasteiger partial charge in [0, 0.05) is 23.9 Å². The van der Waals surface area contributed by atoms with Crippen LogP contribution in [0.15, 0.2) is 10.4 Å². The van der Waals surface area contributed by atoms with E-state index in [0.29, 0.717) is 25.6 Å². The summed E-state index contributed by atoms with van der Waals surface area (Å²) in [5, 5.41) is 9.67. The third kappa shape index (κ3) is 10.1. The first-order valence-corrected chi connectivity index (χ1v) is 11.2. The molecule has 5 nitrogen and oxygen atoms in total. The fourth-order valence-electron chi connectivity index (χ4n) is 3.30. The van der Waals surface area contributed by atoms with Gasteiger partial charge in [-0.1, -0.05) is 20.8 Å². The number of aliphatic imine (C=N–C) groups is 1. The van der Waals surface area contributed by atoms with Gasteiger partial charge in [0.2, 0.25) is 0 Å². The van der Waals surface area contributed by atoms with E-state index < -0.39 is 12.7 Å². The fourth-order valence-corrected chi connectivity index (χ4v) is 4.24. The van der Waals surface area contributed by atoms with Gasteiger partial charge in [-0.15, -0.1) is 35.3 Å². The van der Waals surface area contributed by atoms with Crippen LogP contribution >= 0.6 is 35.3 Å². The van der Waals surface area contributed by atoms with Gasteiger partial charge in [0.05, 0.1) is 18.8 Å². The van der Waals surface area contributed by atoms with Crippen LogP contribution < -0.4 is 10.6 Å². The predicted molar refractivity (Wildman–Crippen MR) is 129 cm³/mol. The second-order valence-electron chi connectivity index (χ2n) is 8.62. The first kappa shape index (κ1) is 27.4. The second kappa shape index (κ2) is 12.4. The van der Waals surface area contributed by atoms with Gasteiger partial charge >= 0.3 is 6.18 Å². The van der Waals surface area contributed by atoms with E-state index in [4.69, 9.17) is 0 Å². The topological polar surface area (TPSA) is 52.6 Å². The van der Waals surface area contributed by atoms with Crippen molar-refractivity contribution in [2.24, 2.45) is 10.9 Å². The summed E-state index contributed by atoms with van der Waals surface area (Å²) in [7, 11) is 0. The van der Waals surface area contributed by atoms with E-state index in [9.17, 15) is 13.2 Å². The Hall–Kier alpha value is -0.620. The largest absolute Gasteiger partial charge is 0.401 e. The molecule has 30 heavy (non-hydrogen) atoms. The number of alkyl halides is 3. The highest BCUT2D eigenvalue weighted by atomic mass is 127. The summed E-state index contributed by atoms with van der Waals surface area (Å²) in [5.41, 5.74) is 1.12. The average molecular weight is 562 g/mol. The molecule has 1 aromatic heterocycles. The van der Waals surface area contributed by atoms with Crippen molar-refractivity contribution in [3.05, 3.63) is 16.1 Å². The van der Waals surface area contributed by atoms with Gasteiger partial charge in [0.1, 0.15) is 5.01 Å². The predicted octanol–water partition coefficient (Wildman–Crippen LogP) is 4.78. The molecule has 0 aromatic carbocycles. The molecule has 0 saturated carbocycles. The monoisotopic (exact) mass is 561 g/mol. The first-order chi connectivity index (χ1) is 13.6. The summed E-state index contributed by atoms with van der Waals surface area (Å²) in [6.45, 7) is 10.8. The van der Waals surface area contributed by atoms with Crippen molar-refractivity contribution in [3.63, 3.8) is 0 Å². The van der Waals surface area contributed by atoms with Crippen molar-refractivity contribution in [3.8, 4) is 0 Å². The van der Waals surface area contributed by atoms with Crippen molar-refractivity contribution >= 4 is 41.3 Å². The van der Waals surface area contributed by atoms with Crippen molar-refractivity contribution in [2.45, 2.75) is 65.1 Å². The molecule has 1 aliphatic rings. The van der Waals surface area contributed by atoms with E-state index in [2.05, 4.69) is 46.8 Å². The average Bonchev–Trinajstić information content (AvgIpc) is 3.09. The smallest absolute Gasteiger partial charge is 0.357 e. The molecule has 1 aliphatic heterocycles. The zero-order valence-electron chi connectivity index (χ0n) is 18.3. The Kier molecular flexibility index (Phi) is 11.4. The van der Waals surface area contributed by atoms with Gasteiger partial charge in [-0.3, -0.25) is 4.90 Å². The zero-order chi connectivity index (χ0) is 21.5. The quantitative estimate of drug-likeness (QED) is 0.286. The van der Waals surface area contributed by atoms with Gasteiger partial charge in [-0.2, -0.15) is 13.2 Å². The number of aromatic nitrogens is 1. The Labute approximate surface area is 199 Å². The molecule has 0 bridgehead atoms. The van der Waals surface area contributed by atoms with E-state index in [1.54, 1.807) is 11.3 Å². The molecule has 0 aliphatic carbocycles. The summed E-state index contributed by atoms with van der Waals surface area (Å²) >= 11 is 1.63. The van der Waals surface area contributed by atoms with Crippen LogP contribution in [0.2, 0.25) is 0 Å². The molecule has 2 rings (SSSR count). The van der Waals surface area contributed by atoms with Crippen molar-refractivity contribution in [2.75, 3.05) is 32.7 Å². The summed E-state index contributed by atoms with van der Waals surface area (Å²) in [6.07, 6.45) is -1.52. The van der Waals surface area contributed by atoms with Crippen LogP contribution in [0.4, 0.5) is 13.2 Å². The van der Waals surface area contributed by atoms with Crippen LogP contribution in [0, 0.1) is 5.92 Å². The van der Waals surface area contributed by atoms with Crippen molar-refractivity contribution < 1.29 is 13.2 Å². The molecular formula is C20H35F3IN5S. The number of hydrogen-bond donors (Lipinski definition) is 2. The Balaban J connectivity index is 0.00000450. The minimum absolute atomic E-state index is 0. The maximum absolute atomic E-state index is 12.5. The second-order valence-corrected chi connectivity index (χ2v) is 9.56. The molecule has 0 atom stereocenters. The number of likely N-dealkylation sites (tertiary alicyclic amines) is 1. The maximum Gasteiger partial charge on any atom is 0.401 e. The summed E-state index contributed by atoms with van der Waals surface area (Å²) in [5.74, 6) is 1.22. The van der Waals surface area contributed by atoms with Gasteiger partial charge < -0.3 is 10.6 Å². The third-order valence-electron chi connectivity index (χ3n) is 4.99. The highest BCUT2D eigenvalue weighted by Gasteiger charge is 2.32. The summed E-state index contributed by atoms with van der Waals surface area (Å²) < 4.78 is 37.4. The highest BCUT2D eigenvalue weighted by molar-refractivity contribution is 14.0. The van der Waals surface area contributed by atoms with Gasteiger partial charge in [-0.05, 0) is 45.2 Å². The Morgan fingerprint density at radius 3 is 2.43 bits per heavy atom. The third-order valence-corrected chi connectivity index (χ3v) is 5.83. The van der Waals surface area contributed by atoms with Gasteiger partial charge in [0.15, 0.2) is 5.96 Å². The molecule has 1 fully saturated rings. The molecule has 0 spiro atoms. The number of thiazole rings is 1. The van der Waals surface area contributed by atoms with E-state index >= 15 is 0 Å². The fraction of sp³-hybridized carbons (Fsp3) is 0.800. The first-order valence-electron chi connectivity index (χ1n) is 10.3. The lowest BCUT2D eigenvalue weighted by molar-refractivity contribution is -0.148. The number of halogens is 4. The number of nitrogens with one attached hydrogen (secondary N) is 2. The molecule has 174 valence electrons. The molecule has 1 aromatic rings. The lowest BCUT2D eigenvalue weighted by Gasteiger charge is -2.32. The minimum Gasteiger partial charge on any atom is -0.357 e. The van der Waals surface area contributed by atoms with E-state index in [1.807, 2.05) is 6.92 Å². The zero-order valence-corrected chi connectivity index (χ0v) is 21.5. The molecule has 2 heterocycles. The molecule has 0 amide bonds. The normalized spacial score (nSPS) is 17.0. The van der Waals surface area contributed by atoms with Crippen molar-refractivity contribution in [1.29, 1.82) is 0 Å². The van der Waals surface area contributed by atoms with E-state index in [1.165, 1.54) is 4.90 Å². The van der Waals surface area contributed by atoms with Crippen LogP contribution in [0.1, 0.15) is 57.7 Å². The molecular weight excluding hydrogens is 526 g/mol. The summed E-state index contributed by atoms with van der Waals surface area (Å²) in [4.78, 5) is 10.8. The molecule has 0 unspecified atom stereocenters. The van der Waals surface area contributed by atoms with Crippen LogP contribution in [0.3, 0.4) is 0 Å². The highest BCUT2D eigenvalue weighted by Crippen LogP contribution is 2.25. The van der Waals surface area contributed by atoms with Crippen LogP contribution in [-0.4, -0.2) is 54.7 Å². The summed E-state index contributed by atoms with van der Waals surface area (Å²) in [6, 6.07) is 0. The molecule has 0 radical (unpaired) electrons. The van der Waals surface area contributed by atoms with E-state index in [-0.39, 0.29) is 29.4 Å². The SMILES string of the molecule is CCNC(=NCc1nc(C(C)(C)C)cs1)NCCC1CCN(CC(F)(F)F)CC1.I. The lowest BCUT2D eigenvalue weighted by atomic mass is 9.93. The Morgan fingerprint density at radius 1 is 1.23 bits per heavy atom. The standard InChI is InChI=1S/C20H34F3N5S.HI/c1-5-24-18(26-12-17-27-16(13-29-17)19(2,3)4)25-9-6-15-7-10-28(11-8-15)14-20(21,22)23;/h13,15H,5-12,14H2,1-4H3,(H2,24,25,26);1H. The lowest BCUT2D eigenvalue weighted by Crippen LogP contribution is -2.41. The van der Waals surface area contributed by atoms with Gasteiger partial charge in [-0.25, -0.2) is 9.98 Å².